The largest absolute Gasteiger partial charge is 0.497 e. The molecule has 156 valence electrons. The molecule has 1 aliphatic rings. The monoisotopic (exact) mass is 407 g/mol. The molecule has 0 saturated carbocycles. The summed E-state index contributed by atoms with van der Waals surface area (Å²) in [6.45, 7) is 2.90. The number of carbonyl (C=O) groups excluding carboxylic acids is 2. The van der Waals surface area contributed by atoms with E-state index in [2.05, 4.69) is 5.10 Å². The van der Waals surface area contributed by atoms with Crippen LogP contribution in [0, 0.1) is 12.8 Å². The maximum Gasteiger partial charge on any atom is 0.254 e. The minimum atomic E-state index is -0.293. The molecule has 0 unspecified atom stereocenters. The van der Waals surface area contributed by atoms with Gasteiger partial charge in [-0.3, -0.25) is 14.3 Å². The lowest BCUT2D eigenvalue weighted by Gasteiger charge is -2.30. The Morgan fingerprint density at radius 1 is 1.17 bits per heavy atom. The molecule has 8 nitrogen and oxygen atoms in total. The number of pyridine rings is 1. The van der Waals surface area contributed by atoms with E-state index in [1.807, 2.05) is 44.3 Å². The minimum Gasteiger partial charge on any atom is -0.497 e. The number of hydrogen-bond donors (Lipinski definition) is 1. The number of fused-ring (bicyclic) bond motifs is 1. The summed E-state index contributed by atoms with van der Waals surface area (Å²) in [5.41, 5.74) is 9.02. The highest BCUT2D eigenvalue weighted by Gasteiger charge is 2.29. The van der Waals surface area contributed by atoms with E-state index in [1.165, 1.54) is 0 Å². The number of rotatable bonds is 4. The predicted octanol–water partition coefficient (Wildman–Crippen LogP) is 2.29. The number of nitrogens with zero attached hydrogens (tertiary/aromatic N) is 4. The second-order valence-corrected chi connectivity index (χ2v) is 7.66. The van der Waals surface area contributed by atoms with Crippen LogP contribution in [0.15, 0.2) is 30.3 Å². The first-order valence-electron chi connectivity index (χ1n) is 9.96. The van der Waals surface area contributed by atoms with Gasteiger partial charge in [-0.25, -0.2) is 4.98 Å². The van der Waals surface area contributed by atoms with Gasteiger partial charge >= 0.3 is 0 Å². The molecule has 30 heavy (non-hydrogen) atoms. The maximum absolute atomic E-state index is 13.5. The number of nitrogens with two attached hydrogens (primary N) is 1. The Kier molecular flexibility index (Phi) is 5.15. The Balaban J connectivity index is 1.76. The van der Waals surface area contributed by atoms with Gasteiger partial charge in [-0.2, -0.15) is 5.10 Å². The van der Waals surface area contributed by atoms with Crippen LogP contribution in [-0.2, 0) is 11.8 Å². The highest BCUT2D eigenvalue weighted by molar-refractivity contribution is 6.07. The fourth-order valence-corrected chi connectivity index (χ4v) is 4.06. The summed E-state index contributed by atoms with van der Waals surface area (Å²) < 4.78 is 6.94. The quantitative estimate of drug-likeness (QED) is 0.715. The molecule has 1 saturated heterocycles. The highest BCUT2D eigenvalue weighted by atomic mass is 16.5. The first kappa shape index (κ1) is 19.9. The van der Waals surface area contributed by atoms with Gasteiger partial charge in [0.25, 0.3) is 5.91 Å². The van der Waals surface area contributed by atoms with E-state index < -0.39 is 0 Å². The zero-order valence-electron chi connectivity index (χ0n) is 17.4. The molecule has 1 aromatic carbocycles. The molecule has 8 heteroatoms. The van der Waals surface area contributed by atoms with Crippen molar-refractivity contribution < 1.29 is 14.3 Å². The van der Waals surface area contributed by atoms with E-state index in [-0.39, 0.29) is 17.7 Å². The Hall–Kier alpha value is -3.42. The van der Waals surface area contributed by atoms with Crippen molar-refractivity contribution >= 4 is 22.8 Å². The van der Waals surface area contributed by atoms with Crippen LogP contribution in [0.2, 0.25) is 0 Å². The maximum atomic E-state index is 13.5. The first-order valence-corrected chi connectivity index (χ1v) is 9.96. The smallest absolute Gasteiger partial charge is 0.254 e. The zero-order valence-corrected chi connectivity index (χ0v) is 17.4. The topological polar surface area (TPSA) is 103 Å². The van der Waals surface area contributed by atoms with Crippen molar-refractivity contribution in [2.45, 2.75) is 19.8 Å². The van der Waals surface area contributed by atoms with Crippen LogP contribution in [0.25, 0.3) is 22.3 Å². The van der Waals surface area contributed by atoms with E-state index in [0.717, 1.165) is 22.4 Å². The van der Waals surface area contributed by atoms with Gasteiger partial charge in [-0.1, -0.05) is 0 Å². The molecule has 3 aromatic rings. The van der Waals surface area contributed by atoms with Gasteiger partial charge < -0.3 is 15.4 Å². The molecule has 2 N–H and O–H groups in total. The molecule has 1 aliphatic heterocycles. The van der Waals surface area contributed by atoms with Crippen molar-refractivity contribution in [1.29, 1.82) is 0 Å². The average Bonchev–Trinajstić information content (AvgIpc) is 3.06. The van der Waals surface area contributed by atoms with Gasteiger partial charge in [-0.15, -0.1) is 0 Å². The van der Waals surface area contributed by atoms with E-state index in [1.54, 1.807) is 16.7 Å². The van der Waals surface area contributed by atoms with E-state index in [4.69, 9.17) is 15.5 Å². The minimum absolute atomic E-state index is 0.0730. The Morgan fingerprint density at radius 2 is 1.83 bits per heavy atom. The van der Waals surface area contributed by atoms with E-state index >= 15 is 0 Å². The lowest BCUT2D eigenvalue weighted by Crippen LogP contribution is -2.41. The summed E-state index contributed by atoms with van der Waals surface area (Å²) in [6, 6.07) is 9.41. The average molecular weight is 407 g/mol. The zero-order chi connectivity index (χ0) is 21.4. The number of ether oxygens (including phenoxy) is 1. The van der Waals surface area contributed by atoms with Crippen molar-refractivity contribution in [3.8, 4) is 17.0 Å². The fraction of sp³-hybridized carbons (Fsp3) is 0.364. The molecule has 0 bridgehead atoms. The van der Waals surface area contributed by atoms with Crippen LogP contribution in [0.1, 0.15) is 28.9 Å². The summed E-state index contributed by atoms with van der Waals surface area (Å²) in [5, 5.41) is 5.24. The van der Waals surface area contributed by atoms with Crippen LogP contribution in [0.4, 0.5) is 0 Å². The van der Waals surface area contributed by atoms with Crippen LogP contribution >= 0.6 is 0 Å². The lowest BCUT2D eigenvalue weighted by molar-refractivity contribution is -0.123. The van der Waals surface area contributed by atoms with E-state index in [0.29, 0.717) is 42.8 Å². The van der Waals surface area contributed by atoms with Crippen LogP contribution in [0.5, 0.6) is 5.75 Å². The molecular weight excluding hydrogens is 382 g/mol. The lowest BCUT2D eigenvalue weighted by atomic mass is 9.95. The summed E-state index contributed by atoms with van der Waals surface area (Å²) in [6.07, 6.45) is 1.18. The van der Waals surface area contributed by atoms with Crippen molar-refractivity contribution in [2.75, 3.05) is 20.2 Å². The molecule has 1 fully saturated rings. The third-order valence-electron chi connectivity index (χ3n) is 5.77. The summed E-state index contributed by atoms with van der Waals surface area (Å²) >= 11 is 0. The number of likely N-dealkylation sites (tertiary alicyclic amines) is 1. The Labute approximate surface area is 174 Å². The number of hydrogen-bond acceptors (Lipinski definition) is 5. The normalized spacial score (nSPS) is 14.8. The third-order valence-corrected chi connectivity index (χ3v) is 5.77. The van der Waals surface area contributed by atoms with Crippen molar-refractivity contribution in [2.24, 2.45) is 18.7 Å². The SMILES string of the molecule is COc1ccc(-c2cc(C(=O)N3CCC(C(N)=O)CC3)c3c(C)nn(C)c3n2)cc1. The highest BCUT2D eigenvalue weighted by Crippen LogP contribution is 2.29. The molecule has 4 rings (SSSR count). The van der Waals surface area contributed by atoms with Gasteiger partial charge in [0.05, 0.1) is 29.4 Å². The summed E-state index contributed by atoms with van der Waals surface area (Å²) in [7, 11) is 3.45. The van der Waals surface area contributed by atoms with Crippen LogP contribution in [0.3, 0.4) is 0 Å². The number of piperidine rings is 1. The number of aromatic nitrogens is 3. The summed E-state index contributed by atoms with van der Waals surface area (Å²) in [5.74, 6) is 0.223. The number of primary amides is 1. The van der Waals surface area contributed by atoms with Crippen LogP contribution in [-0.4, -0.2) is 51.7 Å². The first-order chi connectivity index (χ1) is 14.4. The molecule has 2 amide bonds. The van der Waals surface area contributed by atoms with Crippen molar-refractivity contribution in [3.63, 3.8) is 0 Å². The van der Waals surface area contributed by atoms with E-state index in [9.17, 15) is 9.59 Å². The van der Waals surface area contributed by atoms with Crippen molar-refractivity contribution in [1.82, 2.24) is 19.7 Å². The fourth-order valence-electron chi connectivity index (χ4n) is 4.06. The number of methoxy groups -OCH3 is 1. The molecule has 2 aromatic heterocycles. The second-order valence-electron chi connectivity index (χ2n) is 7.66. The number of aryl methyl sites for hydroxylation is 2. The summed E-state index contributed by atoms with van der Waals surface area (Å²) in [4.78, 5) is 31.5. The standard InChI is InChI=1S/C22H25N5O3/c1-13-19-17(22(29)27-10-8-15(9-11-27)20(23)28)12-18(24-21(19)26(2)25-13)14-4-6-16(30-3)7-5-14/h4-7,12,15H,8-11H2,1-3H3,(H2,23,28). The second kappa shape index (κ2) is 7.78. The molecule has 0 aliphatic carbocycles. The molecule has 0 spiro atoms. The molecule has 0 atom stereocenters. The Bertz CT molecular complexity index is 1110. The molecule has 3 heterocycles. The third kappa shape index (κ3) is 3.49. The molecule has 0 radical (unpaired) electrons. The van der Waals surface area contributed by atoms with Gasteiger partial charge in [0.15, 0.2) is 5.65 Å². The predicted molar refractivity (Wildman–Crippen MR) is 113 cm³/mol. The number of benzene rings is 1. The number of amides is 2. The van der Waals surface area contributed by atoms with Gasteiger partial charge in [0.1, 0.15) is 5.75 Å². The molecular formula is C22H25N5O3. The van der Waals surface area contributed by atoms with Gasteiger partial charge in [0, 0.05) is 31.6 Å². The Morgan fingerprint density at radius 3 is 2.43 bits per heavy atom. The number of carbonyl (C=O) groups is 2. The van der Waals surface area contributed by atoms with Gasteiger partial charge in [0.2, 0.25) is 5.91 Å². The van der Waals surface area contributed by atoms with Crippen molar-refractivity contribution in [3.05, 3.63) is 41.6 Å². The van der Waals surface area contributed by atoms with Gasteiger partial charge in [-0.05, 0) is 50.1 Å². The van der Waals surface area contributed by atoms with Crippen LogP contribution < -0.4 is 10.5 Å².